The summed E-state index contributed by atoms with van der Waals surface area (Å²) in [7, 11) is 0. The van der Waals surface area contributed by atoms with Crippen LogP contribution < -0.4 is 0 Å². The lowest BCUT2D eigenvalue weighted by Gasteiger charge is -2.00. The number of hydrogen-bond donors (Lipinski definition) is 0. The van der Waals surface area contributed by atoms with Gasteiger partial charge in [0.15, 0.2) is 0 Å². The van der Waals surface area contributed by atoms with Crippen molar-refractivity contribution in [2.45, 2.75) is 27.7 Å². The van der Waals surface area contributed by atoms with Gasteiger partial charge in [-0.05, 0) is 49.8 Å². The average molecular weight is 229 g/mol. The summed E-state index contributed by atoms with van der Waals surface area (Å²) in [5.74, 6) is 0. The molecule has 0 radical (unpaired) electrons. The second kappa shape index (κ2) is 6.05. The summed E-state index contributed by atoms with van der Waals surface area (Å²) in [6.07, 6.45) is 0. The molecule has 0 atom stereocenters. The fourth-order valence-corrected chi connectivity index (χ4v) is 1.86. The summed E-state index contributed by atoms with van der Waals surface area (Å²) in [5.41, 5.74) is 4.15. The summed E-state index contributed by atoms with van der Waals surface area (Å²) in [6.45, 7) is 8.71. The summed E-state index contributed by atoms with van der Waals surface area (Å²) in [4.78, 5) is 1.39. The first kappa shape index (κ1) is 13.5. The molecule has 0 aromatic carbocycles. The van der Waals surface area contributed by atoms with Crippen molar-refractivity contribution in [2.75, 3.05) is 0 Å². The fraction of sp³-hybridized carbons (Fsp3) is 0.333. The second-order valence-electron chi connectivity index (χ2n) is 3.29. The molecule has 0 nitrogen and oxygen atoms in total. The molecule has 0 bridgehead atoms. The molecular formula is C12H17ClS. The van der Waals surface area contributed by atoms with E-state index in [1.165, 1.54) is 21.6 Å². The zero-order valence-electron chi connectivity index (χ0n) is 9.13. The topological polar surface area (TPSA) is 0 Å². The Morgan fingerprint density at radius 2 is 1.57 bits per heavy atom. The maximum absolute atomic E-state index is 2.19. The third-order valence-corrected chi connectivity index (χ3v) is 3.42. The molecule has 2 heteroatoms. The van der Waals surface area contributed by atoms with E-state index in [-0.39, 0.29) is 12.4 Å². The Morgan fingerprint density at radius 3 is 2.21 bits per heavy atom. The molecular weight excluding hydrogens is 212 g/mol. The van der Waals surface area contributed by atoms with Crippen molar-refractivity contribution in [1.82, 2.24) is 0 Å². The minimum absolute atomic E-state index is 0. The van der Waals surface area contributed by atoms with E-state index in [0.29, 0.717) is 0 Å². The van der Waals surface area contributed by atoms with E-state index in [4.69, 9.17) is 0 Å². The Morgan fingerprint density at radius 1 is 0.929 bits per heavy atom. The average Bonchev–Trinajstić information content (AvgIpc) is 2.16. The zero-order valence-corrected chi connectivity index (χ0v) is 10.8. The van der Waals surface area contributed by atoms with Gasteiger partial charge in [0.2, 0.25) is 0 Å². The highest BCUT2D eigenvalue weighted by Crippen LogP contribution is 2.15. The lowest BCUT2D eigenvalue weighted by Crippen LogP contribution is -1.82. The van der Waals surface area contributed by atoms with Crippen LogP contribution in [0.15, 0.2) is 23.6 Å². The van der Waals surface area contributed by atoms with Gasteiger partial charge in [0.25, 0.3) is 0 Å². The Hall–Kier alpha value is -0.530. The van der Waals surface area contributed by atoms with Crippen LogP contribution in [0.25, 0.3) is 0 Å². The lowest BCUT2D eigenvalue weighted by atomic mass is 10.1. The minimum atomic E-state index is 0. The third kappa shape index (κ3) is 3.32. The normalized spacial score (nSPS) is 8.86. The number of hydrogen-bond acceptors (Lipinski definition) is 1. The SMILES string of the molecule is Cc1ccccsc(C)c(C)c1C.Cl. The number of rotatable bonds is 0. The van der Waals surface area contributed by atoms with Crippen LogP contribution in [0.3, 0.4) is 0 Å². The maximum Gasteiger partial charge on any atom is 0.00458 e. The van der Waals surface area contributed by atoms with Gasteiger partial charge in [-0.15, -0.1) is 23.7 Å². The molecule has 0 unspecified atom stereocenters. The maximum atomic E-state index is 2.19. The Balaban J connectivity index is 0.00000169. The first-order valence-corrected chi connectivity index (χ1v) is 5.36. The molecule has 1 heterocycles. The van der Waals surface area contributed by atoms with Crippen molar-refractivity contribution in [3.63, 3.8) is 0 Å². The predicted molar refractivity (Wildman–Crippen MR) is 68.1 cm³/mol. The molecule has 0 spiro atoms. The van der Waals surface area contributed by atoms with E-state index >= 15 is 0 Å². The molecule has 78 valence electrons. The molecule has 0 aliphatic heterocycles. The Kier molecular flexibility index (Phi) is 5.82. The van der Waals surface area contributed by atoms with Gasteiger partial charge < -0.3 is 0 Å². The second-order valence-corrected chi connectivity index (χ2v) is 4.41. The zero-order chi connectivity index (χ0) is 9.84. The fourth-order valence-electron chi connectivity index (χ4n) is 1.16. The standard InChI is InChI=1S/C12H16S.ClH/c1-9-7-5-6-8-13-12(4)11(3)10(9)2;/h5-8H,1-4H3;1H. The van der Waals surface area contributed by atoms with E-state index in [0.717, 1.165) is 0 Å². The Bertz CT molecular complexity index is 319. The van der Waals surface area contributed by atoms with Crippen LogP contribution in [0, 0.1) is 27.7 Å². The molecule has 0 fully saturated rings. The van der Waals surface area contributed by atoms with Gasteiger partial charge in [0, 0.05) is 4.88 Å². The van der Waals surface area contributed by atoms with E-state index < -0.39 is 0 Å². The number of halogens is 1. The molecule has 0 aliphatic rings. The van der Waals surface area contributed by atoms with Gasteiger partial charge in [0.1, 0.15) is 0 Å². The summed E-state index contributed by atoms with van der Waals surface area (Å²) in [6, 6.07) is 6.34. The van der Waals surface area contributed by atoms with Crippen molar-refractivity contribution in [1.29, 1.82) is 0 Å². The van der Waals surface area contributed by atoms with Crippen LogP contribution in [0.5, 0.6) is 0 Å². The van der Waals surface area contributed by atoms with Crippen LogP contribution in [0.2, 0.25) is 0 Å². The van der Waals surface area contributed by atoms with E-state index in [1.807, 2.05) is 0 Å². The first-order valence-electron chi connectivity index (χ1n) is 4.48. The molecule has 1 rings (SSSR count). The van der Waals surface area contributed by atoms with Crippen LogP contribution in [0.1, 0.15) is 21.6 Å². The van der Waals surface area contributed by atoms with Gasteiger partial charge in [-0.3, -0.25) is 0 Å². The quantitative estimate of drug-likeness (QED) is 0.612. The monoisotopic (exact) mass is 228 g/mol. The predicted octanol–water partition coefficient (Wildman–Crippen LogP) is 4.53. The van der Waals surface area contributed by atoms with Crippen molar-refractivity contribution < 1.29 is 0 Å². The molecule has 0 N–H and O–H groups in total. The van der Waals surface area contributed by atoms with Crippen molar-refractivity contribution >= 4 is 23.7 Å². The van der Waals surface area contributed by atoms with E-state index in [2.05, 4.69) is 51.3 Å². The summed E-state index contributed by atoms with van der Waals surface area (Å²) in [5, 5.41) is 2.13. The highest BCUT2D eigenvalue weighted by Gasteiger charge is 1.95. The molecule has 0 amide bonds. The van der Waals surface area contributed by atoms with E-state index in [1.54, 1.807) is 11.3 Å². The van der Waals surface area contributed by atoms with Gasteiger partial charge in [0.05, 0.1) is 0 Å². The molecule has 1 aromatic rings. The van der Waals surface area contributed by atoms with Crippen molar-refractivity contribution in [2.24, 2.45) is 0 Å². The number of aryl methyl sites for hydroxylation is 2. The molecule has 0 saturated heterocycles. The third-order valence-electron chi connectivity index (χ3n) is 2.46. The lowest BCUT2D eigenvalue weighted by molar-refractivity contribution is 1.27. The highest BCUT2D eigenvalue weighted by molar-refractivity contribution is 7.09. The van der Waals surface area contributed by atoms with Crippen LogP contribution in [0.4, 0.5) is 0 Å². The Labute approximate surface area is 96.7 Å². The largest absolute Gasteiger partial charge is 0.149 e. The first-order chi connectivity index (χ1) is 6.13. The molecule has 1 aromatic heterocycles. The summed E-state index contributed by atoms with van der Waals surface area (Å²) >= 11 is 1.79. The van der Waals surface area contributed by atoms with Crippen LogP contribution >= 0.6 is 23.7 Å². The molecule has 0 aliphatic carbocycles. The van der Waals surface area contributed by atoms with Crippen LogP contribution in [-0.4, -0.2) is 0 Å². The van der Waals surface area contributed by atoms with Gasteiger partial charge in [-0.25, -0.2) is 0 Å². The van der Waals surface area contributed by atoms with Crippen LogP contribution in [-0.2, 0) is 0 Å². The smallest absolute Gasteiger partial charge is 0.00458 e. The van der Waals surface area contributed by atoms with Crippen molar-refractivity contribution in [3.05, 3.63) is 45.1 Å². The van der Waals surface area contributed by atoms with Crippen molar-refractivity contribution in [3.8, 4) is 0 Å². The van der Waals surface area contributed by atoms with Gasteiger partial charge in [-0.2, -0.15) is 0 Å². The van der Waals surface area contributed by atoms with E-state index in [9.17, 15) is 0 Å². The van der Waals surface area contributed by atoms with Gasteiger partial charge in [-0.1, -0.05) is 18.2 Å². The molecule has 0 saturated carbocycles. The minimum Gasteiger partial charge on any atom is -0.149 e. The summed E-state index contributed by atoms with van der Waals surface area (Å²) < 4.78 is 0. The van der Waals surface area contributed by atoms with Gasteiger partial charge >= 0.3 is 0 Å². The molecule has 14 heavy (non-hydrogen) atoms. The highest BCUT2D eigenvalue weighted by atomic mass is 35.5.